The molecule has 16 nitrogen and oxygen atoms in total. The van der Waals surface area contributed by atoms with E-state index in [-0.39, 0.29) is 36.2 Å². The summed E-state index contributed by atoms with van der Waals surface area (Å²) in [5.41, 5.74) is 0. The molecule has 0 heterocycles. The Bertz CT molecular complexity index is 1060. The Hall–Kier alpha value is -2.58. The highest BCUT2D eigenvalue weighted by molar-refractivity contribution is 8.16. The molecular formula is C22H36N2O14S4. The van der Waals surface area contributed by atoms with Crippen LogP contribution < -0.4 is 0 Å². The van der Waals surface area contributed by atoms with Gasteiger partial charge in [-0.15, -0.1) is 0 Å². The van der Waals surface area contributed by atoms with E-state index in [1.54, 1.807) is 13.8 Å². The number of hydrogen-bond acceptors (Lipinski definition) is 18. The first-order valence-corrected chi connectivity index (χ1v) is 17.6. The van der Waals surface area contributed by atoms with Crippen LogP contribution >= 0.6 is 23.5 Å². The van der Waals surface area contributed by atoms with Crippen molar-refractivity contribution in [1.82, 2.24) is 0 Å². The topological polar surface area (TPSA) is 217 Å². The second-order valence-corrected chi connectivity index (χ2v) is 13.2. The van der Waals surface area contributed by atoms with E-state index in [1.807, 2.05) is 0 Å². The van der Waals surface area contributed by atoms with Crippen LogP contribution in [0.25, 0.3) is 0 Å². The molecule has 0 aromatic rings. The van der Waals surface area contributed by atoms with Crippen LogP contribution in [0.2, 0.25) is 0 Å². The van der Waals surface area contributed by atoms with E-state index in [0.717, 1.165) is 14.2 Å². The third-order valence-corrected chi connectivity index (χ3v) is 8.37. The molecule has 0 N–H and O–H groups in total. The minimum absolute atomic E-state index is 0.0404. The summed E-state index contributed by atoms with van der Waals surface area (Å²) in [5, 5.41) is 5.62. The van der Waals surface area contributed by atoms with Crippen LogP contribution in [0.1, 0.15) is 52.4 Å². The summed E-state index contributed by atoms with van der Waals surface area (Å²) in [4.78, 5) is 47.4. The van der Waals surface area contributed by atoms with Gasteiger partial charge in [-0.1, -0.05) is 60.5 Å². The maximum Gasteiger partial charge on any atom is 0.366 e. The molecule has 0 amide bonds. The van der Waals surface area contributed by atoms with Gasteiger partial charge >= 0.3 is 44.1 Å². The molecule has 0 bridgehead atoms. The van der Waals surface area contributed by atoms with Crippen LogP contribution in [0.4, 0.5) is 0 Å². The lowest BCUT2D eigenvalue weighted by Gasteiger charge is -2.07. The van der Waals surface area contributed by atoms with Crippen LogP contribution in [0.15, 0.2) is 10.3 Å². The molecule has 0 aliphatic carbocycles. The van der Waals surface area contributed by atoms with Gasteiger partial charge in [0.1, 0.15) is 0 Å². The lowest BCUT2D eigenvalue weighted by Crippen LogP contribution is -2.18. The lowest BCUT2D eigenvalue weighted by atomic mass is 10.3. The van der Waals surface area contributed by atoms with Gasteiger partial charge in [-0.25, -0.2) is 9.59 Å². The molecule has 0 aromatic carbocycles. The van der Waals surface area contributed by atoms with Crippen molar-refractivity contribution in [2.75, 3.05) is 50.4 Å². The molecule has 0 aliphatic heterocycles. The second kappa shape index (κ2) is 22.0. The first-order chi connectivity index (χ1) is 19.8. The molecule has 0 aliphatic rings. The van der Waals surface area contributed by atoms with E-state index < -0.39 is 54.2 Å². The Morgan fingerprint density at radius 1 is 0.619 bits per heavy atom. The fourth-order valence-electron chi connectivity index (χ4n) is 2.23. The van der Waals surface area contributed by atoms with E-state index in [2.05, 4.69) is 28.4 Å². The minimum atomic E-state index is -3.99. The van der Waals surface area contributed by atoms with E-state index in [1.165, 1.54) is 0 Å². The predicted octanol–water partition coefficient (Wildman–Crippen LogP) is 1.59. The lowest BCUT2D eigenvalue weighted by molar-refractivity contribution is -0.142. The van der Waals surface area contributed by atoms with Gasteiger partial charge in [-0.3, -0.25) is 18.2 Å². The van der Waals surface area contributed by atoms with E-state index in [0.29, 0.717) is 62.0 Å². The van der Waals surface area contributed by atoms with Crippen molar-refractivity contribution in [3.63, 3.8) is 0 Å². The van der Waals surface area contributed by atoms with Crippen LogP contribution in [-0.2, 0) is 66.9 Å². The molecule has 0 saturated heterocycles. The van der Waals surface area contributed by atoms with Crippen LogP contribution in [0.5, 0.6) is 0 Å². The number of rotatable bonds is 19. The van der Waals surface area contributed by atoms with Gasteiger partial charge in [-0.2, -0.15) is 16.8 Å². The zero-order valence-electron chi connectivity index (χ0n) is 23.7. The average Bonchev–Trinajstić information content (AvgIpc) is 2.95. The van der Waals surface area contributed by atoms with Crippen molar-refractivity contribution < 1.29 is 63.5 Å². The Balaban J connectivity index is 4.47. The van der Waals surface area contributed by atoms with Gasteiger partial charge in [0.05, 0.1) is 50.4 Å². The molecule has 0 aromatic heterocycles. The molecular weight excluding hydrogens is 645 g/mol. The number of carbonyl (C=O) groups is 4. The number of thioether (sulfide) groups is 2. The van der Waals surface area contributed by atoms with Crippen LogP contribution in [0, 0.1) is 0 Å². The maximum absolute atomic E-state index is 11.9. The summed E-state index contributed by atoms with van der Waals surface area (Å²) in [6, 6.07) is 0. The third kappa shape index (κ3) is 19.5. The summed E-state index contributed by atoms with van der Waals surface area (Å²) in [5.74, 6) is -4.78. The molecule has 0 unspecified atom stereocenters. The molecule has 42 heavy (non-hydrogen) atoms. The van der Waals surface area contributed by atoms with Crippen molar-refractivity contribution in [2.45, 2.75) is 52.4 Å². The number of hydrogen-bond donors (Lipinski definition) is 0. The first kappa shape index (κ1) is 39.4. The molecule has 0 spiro atoms. The van der Waals surface area contributed by atoms with Crippen molar-refractivity contribution in [1.29, 1.82) is 0 Å². The van der Waals surface area contributed by atoms with Crippen molar-refractivity contribution in [3.05, 3.63) is 0 Å². The number of esters is 4. The molecule has 0 atom stereocenters. The van der Waals surface area contributed by atoms with Crippen LogP contribution in [0.3, 0.4) is 0 Å². The highest BCUT2D eigenvalue weighted by Gasteiger charge is 2.21. The Morgan fingerprint density at radius 3 is 1.29 bits per heavy atom. The van der Waals surface area contributed by atoms with Crippen molar-refractivity contribution in [2.24, 2.45) is 10.3 Å². The van der Waals surface area contributed by atoms with Crippen molar-refractivity contribution in [3.8, 4) is 0 Å². The zero-order chi connectivity index (χ0) is 32.0. The minimum Gasteiger partial charge on any atom is -0.465 e. The van der Waals surface area contributed by atoms with E-state index >= 15 is 0 Å². The van der Waals surface area contributed by atoms with E-state index in [9.17, 15) is 36.0 Å². The molecule has 0 radical (unpaired) electrons. The Kier molecular flexibility index (Phi) is 20.7. The van der Waals surface area contributed by atoms with Crippen molar-refractivity contribution >= 4 is 77.7 Å². The summed E-state index contributed by atoms with van der Waals surface area (Å²) in [6.45, 7) is 3.50. The van der Waals surface area contributed by atoms with Crippen LogP contribution in [-0.4, -0.2) is 101 Å². The summed E-state index contributed by atoms with van der Waals surface area (Å²) in [6.07, 6.45) is 2.53. The van der Waals surface area contributed by atoms with Gasteiger partial charge in [0.2, 0.25) is 10.1 Å². The first-order valence-electron chi connectivity index (χ1n) is 12.5. The summed E-state index contributed by atoms with van der Waals surface area (Å²) in [7, 11) is -5.87. The van der Waals surface area contributed by atoms with Gasteiger partial charge in [0.15, 0.2) is 0 Å². The number of methoxy groups -OCH3 is 2. The van der Waals surface area contributed by atoms with Gasteiger partial charge in [0, 0.05) is 0 Å². The number of oxime groups is 2. The standard InChI is InChI=1S/C22H36N2O14S4/c1-5-7-13-41(29,30)37-23-19(21(27)33-3)39-15-17(25)35-11-9-10-12-36-18(26)16-40-20(22(28)34-4)24-38-42(31,32)14-8-6-2/h5-16H2,1-4H3. The predicted molar refractivity (Wildman–Crippen MR) is 155 cm³/mol. The Morgan fingerprint density at radius 2 is 0.976 bits per heavy atom. The smallest absolute Gasteiger partial charge is 0.366 e. The monoisotopic (exact) mass is 680 g/mol. The SMILES string of the molecule is CCCCS(=O)(=O)ON=C(SCC(=O)OCCCCOC(=O)CSC(=NOS(=O)(=O)CCCC)C(=O)OC)C(=O)OC. The maximum atomic E-state index is 11.9. The fourth-order valence-corrected chi connectivity index (χ4v) is 5.39. The number of nitrogens with zero attached hydrogens (tertiary/aromatic N) is 2. The second-order valence-electron chi connectivity index (χ2n) is 7.88. The summed E-state index contributed by atoms with van der Waals surface area (Å²) < 4.78 is 74.9. The molecule has 242 valence electrons. The van der Waals surface area contributed by atoms with Gasteiger partial charge < -0.3 is 18.9 Å². The zero-order valence-corrected chi connectivity index (χ0v) is 27.0. The fraction of sp³-hybridized carbons (Fsp3) is 0.727. The number of unbranched alkanes of at least 4 members (excludes halogenated alkanes) is 3. The third-order valence-electron chi connectivity index (χ3n) is 4.40. The normalized spacial score (nSPS) is 12.3. The number of carbonyl (C=O) groups excluding carboxylic acids is 4. The molecule has 0 fully saturated rings. The largest absolute Gasteiger partial charge is 0.465 e. The quantitative estimate of drug-likeness (QED) is 0.0472. The highest BCUT2D eigenvalue weighted by Crippen LogP contribution is 2.11. The highest BCUT2D eigenvalue weighted by atomic mass is 32.2. The Labute approximate surface area is 253 Å². The average molecular weight is 681 g/mol. The van der Waals surface area contributed by atoms with E-state index in [4.69, 9.17) is 9.47 Å². The molecule has 0 saturated carbocycles. The molecule has 0 rings (SSSR count). The van der Waals surface area contributed by atoms with Gasteiger partial charge in [0.25, 0.3) is 0 Å². The summed E-state index contributed by atoms with van der Waals surface area (Å²) >= 11 is 1.15. The number of ether oxygens (including phenoxy) is 4. The molecule has 20 heteroatoms. The van der Waals surface area contributed by atoms with Gasteiger partial charge in [-0.05, 0) is 25.7 Å².